The van der Waals surface area contributed by atoms with Gasteiger partial charge in [-0.3, -0.25) is 0 Å². The average Bonchev–Trinajstić information content (AvgIpc) is 2.75. The molecular weight excluding hydrogens is 270 g/mol. The summed E-state index contributed by atoms with van der Waals surface area (Å²) in [6.07, 6.45) is 7.67. The standard InChI is InChI=1S/C14H25N5S/c1-10(2)13-19-18-12(20-13)9-16-14(15)17-11-7-5-3-4-6-8-11/h10-11H,3-9H2,1-2H3,(H3,15,16,17). The van der Waals surface area contributed by atoms with Crippen molar-refractivity contribution in [1.29, 1.82) is 0 Å². The van der Waals surface area contributed by atoms with Gasteiger partial charge in [-0.1, -0.05) is 50.9 Å². The van der Waals surface area contributed by atoms with E-state index >= 15 is 0 Å². The Labute approximate surface area is 125 Å². The van der Waals surface area contributed by atoms with Crippen molar-refractivity contribution in [2.75, 3.05) is 0 Å². The van der Waals surface area contributed by atoms with Crippen LogP contribution in [0, 0.1) is 0 Å². The molecule has 0 radical (unpaired) electrons. The van der Waals surface area contributed by atoms with Crippen LogP contribution in [0.15, 0.2) is 4.99 Å². The molecule has 1 saturated carbocycles. The molecule has 1 aliphatic carbocycles. The smallest absolute Gasteiger partial charge is 0.189 e. The minimum atomic E-state index is 0.423. The number of rotatable bonds is 4. The van der Waals surface area contributed by atoms with Crippen molar-refractivity contribution in [3.63, 3.8) is 0 Å². The van der Waals surface area contributed by atoms with Crippen LogP contribution in [0.3, 0.4) is 0 Å². The zero-order valence-corrected chi connectivity index (χ0v) is 13.2. The van der Waals surface area contributed by atoms with Crippen molar-refractivity contribution in [3.05, 3.63) is 10.0 Å². The van der Waals surface area contributed by atoms with Crippen LogP contribution >= 0.6 is 11.3 Å². The number of nitrogens with zero attached hydrogens (tertiary/aromatic N) is 3. The summed E-state index contributed by atoms with van der Waals surface area (Å²) in [5.74, 6) is 0.963. The van der Waals surface area contributed by atoms with Crippen molar-refractivity contribution in [3.8, 4) is 0 Å². The van der Waals surface area contributed by atoms with Crippen LogP contribution < -0.4 is 11.1 Å². The van der Waals surface area contributed by atoms with Crippen LogP contribution in [-0.2, 0) is 6.54 Å². The minimum Gasteiger partial charge on any atom is -0.370 e. The first-order valence-electron chi connectivity index (χ1n) is 7.54. The quantitative estimate of drug-likeness (QED) is 0.509. The molecular formula is C14H25N5S. The zero-order chi connectivity index (χ0) is 14.4. The fourth-order valence-corrected chi connectivity index (χ4v) is 3.16. The van der Waals surface area contributed by atoms with Gasteiger partial charge in [0.1, 0.15) is 10.0 Å². The number of nitrogens with two attached hydrogens (primary N) is 1. The highest BCUT2D eigenvalue weighted by atomic mass is 32.1. The summed E-state index contributed by atoms with van der Waals surface area (Å²) < 4.78 is 0. The third kappa shape index (κ3) is 4.74. The molecule has 5 nitrogen and oxygen atoms in total. The highest BCUT2D eigenvalue weighted by Crippen LogP contribution is 2.19. The molecule has 0 bridgehead atoms. The van der Waals surface area contributed by atoms with Crippen molar-refractivity contribution in [2.24, 2.45) is 10.7 Å². The highest BCUT2D eigenvalue weighted by molar-refractivity contribution is 7.11. The molecule has 0 amide bonds. The third-order valence-electron chi connectivity index (χ3n) is 3.57. The van der Waals surface area contributed by atoms with E-state index in [2.05, 4.69) is 34.4 Å². The molecule has 0 saturated heterocycles. The van der Waals surface area contributed by atoms with Gasteiger partial charge in [-0.25, -0.2) is 4.99 Å². The molecule has 1 aromatic rings. The Morgan fingerprint density at radius 2 is 2.00 bits per heavy atom. The van der Waals surface area contributed by atoms with E-state index in [1.165, 1.54) is 38.5 Å². The van der Waals surface area contributed by atoms with Gasteiger partial charge in [0.05, 0.1) is 6.54 Å². The number of guanidine groups is 1. The molecule has 0 atom stereocenters. The largest absolute Gasteiger partial charge is 0.370 e. The molecule has 112 valence electrons. The van der Waals surface area contributed by atoms with Crippen LogP contribution in [0.4, 0.5) is 0 Å². The van der Waals surface area contributed by atoms with Crippen LogP contribution in [0.1, 0.15) is 68.3 Å². The first-order valence-corrected chi connectivity index (χ1v) is 8.35. The molecule has 0 unspecified atom stereocenters. The van der Waals surface area contributed by atoms with E-state index in [4.69, 9.17) is 5.73 Å². The molecule has 3 N–H and O–H groups in total. The molecule has 0 aliphatic heterocycles. The monoisotopic (exact) mass is 295 g/mol. The van der Waals surface area contributed by atoms with Gasteiger partial charge in [0, 0.05) is 12.0 Å². The Balaban J connectivity index is 1.83. The lowest BCUT2D eigenvalue weighted by molar-refractivity contribution is 0.530. The van der Waals surface area contributed by atoms with Gasteiger partial charge in [0.2, 0.25) is 0 Å². The second-order valence-electron chi connectivity index (χ2n) is 5.72. The summed E-state index contributed by atoms with van der Waals surface area (Å²) in [6.45, 7) is 4.76. The van der Waals surface area contributed by atoms with Crippen LogP contribution in [0.25, 0.3) is 0 Å². The Morgan fingerprint density at radius 3 is 2.60 bits per heavy atom. The lowest BCUT2D eigenvalue weighted by atomic mass is 10.1. The number of nitrogens with one attached hydrogen (secondary N) is 1. The van der Waals surface area contributed by atoms with Crippen LogP contribution in [0.2, 0.25) is 0 Å². The normalized spacial score (nSPS) is 18.2. The van der Waals surface area contributed by atoms with E-state index in [1.807, 2.05) is 0 Å². The first-order chi connectivity index (χ1) is 9.65. The fraction of sp³-hybridized carbons (Fsp3) is 0.786. The van der Waals surface area contributed by atoms with Gasteiger partial charge in [0.25, 0.3) is 0 Å². The van der Waals surface area contributed by atoms with E-state index in [0.717, 1.165) is 10.0 Å². The first kappa shape index (κ1) is 15.2. The predicted octanol–water partition coefficient (Wildman–Crippen LogP) is 2.79. The van der Waals surface area contributed by atoms with Crippen LogP contribution in [0.5, 0.6) is 0 Å². The molecule has 6 heteroatoms. The Hall–Kier alpha value is -1.17. The average molecular weight is 295 g/mol. The Bertz CT molecular complexity index is 433. The number of hydrogen-bond acceptors (Lipinski definition) is 4. The van der Waals surface area contributed by atoms with E-state index in [-0.39, 0.29) is 0 Å². The second-order valence-corrected chi connectivity index (χ2v) is 6.82. The SMILES string of the molecule is CC(C)c1nnc(CN=C(N)NC2CCCCCC2)s1. The van der Waals surface area contributed by atoms with Crippen LogP contribution in [-0.4, -0.2) is 22.2 Å². The molecule has 1 heterocycles. The maximum atomic E-state index is 5.97. The lowest BCUT2D eigenvalue weighted by Gasteiger charge is -2.16. The molecule has 20 heavy (non-hydrogen) atoms. The van der Waals surface area contributed by atoms with Gasteiger partial charge < -0.3 is 11.1 Å². The summed E-state index contributed by atoms with van der Waals surface area (Å²) in [4.78, 5) is 4.38. The van der Waals surface area contributed by atoms with E-state index in [1.54, 1.807) is 11.3 Å². The molecule has 1 aromatic heterocycles. The van der Waals surface area contributed by atoms with Gasteiger partial charge in [-0.2, -0.15) is 0 Å². The maximum Gasteiger partial charge on any atom is 0.189 e. The Morgan fingerprint density at radius 1 is 1.30 bits per heavy atom. The van der Waals surface area contributed by atoms with Crippen molar-refractivity contribution in [1.82, 2.24) is 15.5 Å². The number of aromatic nitrogens is 2. The number of aliphatic imine (C=N–C) groups is 1. The molecule has 2 rings (SSSR count). The summed E-state index contributed by atoms with van der Waals surface area (Å²) >= 11 is 1.62. The molecule has 1 fully saturated rings. The molecule has 1 aliphatic rings. The van der Waals surface area contributed by atoms with Crippen molar-refractivity contribution in [2.45, 2.75) is 70.9 Å². The maximum absolute atomic E-state index is 5.97. The zero-order valence-electron chi connectivity index (χ0n) is 12.4. The van der Waals surface area contributed by atoms with E-state index in [0.29, 0.717) is 24.5 Å². The van der Waals surface area contributed by atoms with Gasteiger partial charge in [-0.15, -0.1) is 10.2 Å². The summed E-state index contributed by atoms with van der Waals surface area (Å²) in [5, 5.41) is 13.6. The van der Waals surface area contributed by atoms with Crippen molar-refractivity contribution < 1.29 is 0 Å². The Kier molecular flexibility index (Phi) is 5.76. The molecule has 0 spiro atoms. The van der Waals surface area contributed by atoms with Gasteiger partial charge in [0.15, 0.2) is 5.96 Å². The highest BCUT2D eigenvalue weighted by Gasteiger charge is 2.12. The minimum absolute atomic E-state index is 0.423. The molecule has 0 aromatic carbocycles. The van der Waals surface area contributed by atoms with Gasteiger partial charge >= 0.3 is 0 Å². The fourth-order valence-electron chi connectivity index (χ4n) is 2.40. The summed E-state index contributed by atoms with van der Waals surface area (Å²) in [7, 11) is 0. The number of hydrogen-bond donors (Lipinski definition) is 2. The van der Waals surface area contributed by atoms with E-state index < -0.39 is 0 Å². The summed E-state index contributed by atoms with van der Waals surface area (Å²) in [5.41, 5.74) is 5.97. The second kappa shape index (κ2) is 7.57. The van der Waals surface area contributed by atoms with E-state index in [9.17, 15) is 0 Å². The van der Waals surface area contributed by atoms with Crippen molar-refractivity contribution >= 4 is 17.3 Å². The predicted molar refractivity (Wildman–Crippen MR) is 84.0 cm³/mol. The lowest BCUT2D eigenvalue weighted by Crippen LogP contribution is -2.39. The third-order valence-corrected chi connectivity index (χ3v) is 4.78. The summed E-state index contributed by atoms with van der Waals surface area (Å²) in [6, 6.07) is 0.488. The topological polar surface area (TPSA) is 76.2 Å². The van der Waals surface area contributed by atoms with Gasteiger partial charge in [-0.05, 0) is 12.8 Å².